The lowest BCUT2D eigenvalue weighted by Crippen LogP contribution is -2.05. The lowest BCUT2D eigenvalue weighted by Gasteiger charge is -2.05. The molecule has 0 fully saturated rings. The minimum atomic E-state index is 0.238. The van der Waals surface area contributed by atoms with Gasteiger partial charge >= 0.3 is 0 Å². The fourth-order valence-electron chi connectivity index (χ4n) is 1.28. The maximum absolute atomic E-state index is 5.61. The highest BCUT2D eigenvalue weighted by molar-refractivity contribution is 9.10. The number of aromatic nitrogens is 3. The van der Waals surface area contributed by atoms with Crippen LogP contribution >= 0.6 is 15.9 Å². The first-order valence-electron chi connectivity index (χ1n) is 4.63. The topological polar surface area (TPSA) is 90.7 Å². The van der Waals surface area contributed by atoms with Crippen LogP contribution in [0.25, 0.3) is 0 Å². The molecule has 2 aromatic rings. The van der Waals surface area contributed by atoms with Crippen LogP contribution in [0, 0.1) is 0 Å². The highest BCUT2D eigenvalue weighted by Gasteiger charge is 2.08. The number of anilines is 2. The number of nitrogens with zero attached hydrogens (tertiary/aromatic N) is 3. The summed E-state index contributed by atoms with van der Waals surface area (Å²) in [5.74, 6) is 0.490. The average Bonchev–Trinajstić information content (AvgIpc) is 2.27. The Morgan fingerprint density at radius 1 is 1.19 bits per heavy atom. The molecule has 0 radical (unpaired) electrons. The van der Waals surface area contributed by atoms with Crippen molar-refractivity contribution < 1.29 is 0 Å². The molecule has 2 rings (SSSR count). The number of hydrogen-bond acceptors (Lipinski definition) is 5. The first-order chi connectivity index (χ1) is 7.66. The molecule has 0 spiro atoms. The van der Waals surface area contributed by atoms with E-state index in [1.807, 2.05) is 12.1 Å². The monoisotopic (exact) mass is 279 g/mol. The number of halogens is 1. The summed E-state index contributed by atoms with van der Waals surface area (Å²) in [6.07, 6.45) is 4.12. The standard InChI is InChI=1S/C10H10BrN5/c11-8-7(15-9(12)10(13)16-8)4-6-2-1-3-14-5-6/h1-3,5H,4H2,(H2,12,15)(H2,13,16). The molecular weight excluding hydrogens is 270 g/mol. The van der Waals surface area contributed by atoms with E-state index < -0.39 is 0 Å². The average molecular weight is 280 g/mol. The van der Waals surface area contributed by atoms with Crippen LogP contribution in [0.15, 0.2) is 29.1 Å². The van der Waals surface area contributed by atoms with Gasteiger partial charge in [0.05, 0.1) is 5.69 Å². The predicted molar refractivity (Wildman–Crippen MR) is 65.6 cm³/mol. The molecule has 0 aliphatic carbocycles. The van der Waals surface area contributed by atoms with Crippen molar-refractivity contribution in [3.05, 3.63) is 40.4 Å². The smallest absolute Gasteiger partial charge is 0.167 e. The number of pyridine rings is 1. The van der Waals surface area contributed by atoms with E-state index in [9.17, 15) is 0 Å². The molecule has 0 aliphatic rings. The third kappa shape index (κ3) is 2.27. The molecule has 0 unspecified atom stereocenters. The van der Waals surface area contributed by atoms with Crippen LogP contribution in [0.5, 0.6) is 0 Å². The number of nitrogens with two attached hydrogens (primary N) is 2. The predicted octanol–water partition coefficient (Wildman–Crippen LogP) is 1.39. The number of rotatable bonds is 2. The van der Waals surface area contributed by atoms with E-state index in [1.165, 1.54) is 0 Å². The molecule has 6 heteroatoms. The third-order valence-corrected chi connectivity index (χ3v) is 2.70. The van der Waals surface area contributed by atoms with Gasteiger partial charge in [0.1, 0.15) is 4.60 Å². The van der Waals surface area contributed by atoms with Crippen molar-refractivity contribution in [3.63, 3.8) is 0 Å². The maximum Gasteiger partial charge on any atom is 0.167 e. The Bertz CT molecular complexity index is 500. The highest BCUT2D eigenvalue weighted by Crippen LogP contribution is 2.20. The van der Waals surface area contributed by atoms with Crippen molar-refractivity contribution in [3.8, 4) is 0 Å². The van der Waals surface area contributed by atoms with E-state index in [0.29, 0.717) is 11.0 Å². The zero-order valence-electron chi connectivity index (χ0n) is 8.39. The molecule has 16 heavy (non-hydrogen) atoms. The molecule has 4 N–H and O–H groups in total. The molecule has 0 atom stereocenters. The van der Waals surface area contributed by atoms with Crippen molar-refractivity contribution >= 4 is 27.6 Å². The molecule has 2 aromatic heterocycles. The summed E-state index contributed by atoms with van der Waals surface area (Å²) in [4.78, 5) is 12.3. The van der Waals surface area contributed by atoms with E-state index in [-0.39, 0.29) is 11.6 Å². The van der Waals surface area contributed by atoms with Crippen molar-refractivity contribution in [1.29, 1.82) is 0 Å². The Labute approximate surface area is 101 Å². The fourth-order valence-corrected chi connectivity index (χ4v) is 1.70. The molecule has 0 aromatic carbocycles. The van der Waals surface area contributed by atoms with Crippen LogP contribution in [0.1, 0.15) is 11.3 Å². The van der Waals surface area contributed by atoms with Crippen molar-refractivity contribution in [2.24, 2.45) is 0 Å². The second kappa shape index (κ2) is 4.44. The molecule has 2 heterocycles. The summed E-state index contributed by atoms with van der Waals surface area (Å²) in [6.45, 7) is 0. The normalized spacial score (nSPS) is 10.3. The summed E-state index contributed by atoms with van der Waals surface area (Å²) in [5, 5.41) is 0. The summed E-state index contributed by atoms with van der Waals surface area (Å²) < 4.78 is 0.614. The second-order valence-corrected chi connectivity index (χ2v) is 4.02. The highest BCUT2D eigenvalue weighted by atomic mass is 79.9. The van der Waals surface area contributed by atoms with Gasteiger partial charge < -0.3 is 11.5 Å². The Morgan fingerprint density at radius 2 is 1.94 bits per heavy atom. The van der Waals surface area contributed by atoms with Gasteiger partial charge in [-0.1, -0.05) is 6.07 Å². The number of hydrogen-bond donors (Lipinski definition) is 2. The fraction of sp³-hybridized carbons (Fsp3) is 0.100. The Hall–Kier alpha value is -1.69. The minimum absolute atomic E-state index is 0.238. The van der Waals surface area contributed by atoms with Gasteiger partial charge in [0, 0.05) is 18.8 Å². The maximum atomic E-state index is 5.61. The number of nitrogen functional groups attached to an aromatic ring is 2. The quantitative estimate of drug-likeness (QED) is 0.867. The van der Waals surface area contributed by atoms with Crippen molar-refractivity contribution in [2.45, 2.75) is 6.42 Å². The van der Waals surface area contributed by atoms with Gasteiger partial charge in [0.25, 0.3) is 0 Å². The molecule has 0 saturated carbocycles. The molecular formula is C10H10BrN5. The SMILES string of the molecule is Nc1nc(Br)c(Cc2cccnc2)nc1N. The van der Waals surface area contributed by atoms with E-state index in [0.717, 1.165) is 11.3 Å². The summed E-state index contributed by atoms with van der Waals surface area (Å²) in [5.41, 5.74) is 12.9. The van der Waals surface area contributed by atoms with Crippen LogP contribution in [-0.4, -0.2) is 15.0 Å². The molecule has 5 nitrogen and oxygen atoms in total. The van der Waals surface area contributed by atoms with E-state index in [2.05, 4.69) is 30.9 Å². The van der Waals surface area contributed by atoms with Gasteiger partial charge in [0.2, 0.25) is 0 Å². The van der Waals surface area contributed by atoms with Gasteiger partial charge in [0.15, 0.2) is 11.6 Å². The van der Waals surface area contributed by atoms with E-state index >= 15 is 0 Å². The molecule has 0 saturated heterocycles. The molecule has 0 amide bonds. The lowest BCUT2D eigenvalue weighted by atomic mass is 10.2. The Balaban J connectivity index is 2.32. The van der Waals surface area contributed by atoms with E-state index in [4.69, 9.17) is 11.5 Å². The van der Waals surface area contributed by atoms with Crippen LogP contribution < -0.4 is 11.5 Å². The van der Waals surface area contributed by atoms with Gasteiger partial charge in [-0.25, -0.2) is 9.97 Å². The molecule has 82 valence electrons. The Morgan fingerprint density at radius 3 is 2.62 bits per heavy atom. The second-order valence-electron chi connectivity index (χ2n) is 3.27. The van der Waals surface area contributed by atoms with Crippen LogP contribution in [-0.2, 0) is 6.42 Å². The summed E-state index contributed by atoms with van der Waals surface area (Å²) >= 11 is 3.31. The van der Waals surface area contributed by atoms with Crippen molar-refractivity contribution in [2.75, 3.05) is 11.5 Å². The minimum Gasteiger partial charge on any atom is -0.381 e. The first-order valence-corrected chi connectivity index (χ1v) is 5.42. The van der Waals surface area contributed by atoms with Gasteiger partial charge in [-0.05, 0) is 27.6 Å². The van der Waals surface area contributed by atoms with Gasteiger partial charge in [-0.2, -0.15) is 0 Å². The summed E-state index contributed by atoms with van der Waals surface area (Å²) in [7, 11) is 0. The van der Waals surface area contributed by atoms with Crippen molar-refractivity contribution in [1.82, 2.24) is 15.0 Å². The van der Waals surface area contributed by atoms with E-state index in [1.54, 1.807) is 12.4 Å². The molecule has 0 aliphatic heterocycles. The van der Waals surface area contributed by atoms with Crippen LogP contribution in [0.2, 0.25) is 0 Å². The third-order valence-electron chi connectivity index (χ3n) is 2.07. The largest absolute Gasteiger partial charge is 0.381 e. The van der Waals surface area contributed by atoms with Gasteiger partial charge in [-0.3, -0.25) is 4.98 Å². The van der Waals surface area contributed by atoms with Crippen LogP contribution in [0.3, 0.4) is 0 Å². The van der Waals surface area contributed by atoms with Crippen LogP contribution in [0.4, 0.5) is 11.6 Å². The Kier molecular flexibility index (Phi) is 3.00. The summed E-state index contributed by atoms with van der Waals surface area (Å²) in [6, 6.07) is 3.84. The zero-order chi connectivity index (χ0) is 11.5. The van der Waals surface area contributed by atoms with Gasteiger partial charge in [-0.15, -0.1) is 0 Å². The lowest BCUT2D eigenvalue weighted by molar-refractivity contribution is 1.01. The zero-order valence-corrected chi connectivity index (χ0v) is 9.98. The molecule has 0 bridgehead atoms. The first kappa shape index (κ1) is 10.8.